The predicted molar refractivity (Wildman–Crippen MR) is 92.7 cm³/mol. The summed E-state index contributed by atoms with van der Waals surface area (Å²) in [5.74, 6) is 1.18. The Hall–Kier alpha value is -0.520. The van der Waals surface area contributed by atoms with Crippen molar-refractivity contribution in [2.75, 3.05) is 17.3 Å². The molecule has 0 aliphatic heterocycles. The molecule has 0 spiro atoms. The summed E-state index contributed by atoms with van der Waals surface area (Å²) in [5, 5.41) is 3.46. The van der Waals surface area contributed by atoms with E-state index in [4.69, 9.17) is 0 Å². The third-order valence-electron chi connectivity index (χ3n) is 2.90. The Bertz CT molecular complexity index is 533. The summed E-state index contributed by atoms with van der Waals surface area (Å²) in [4.78, 5) is 1.13. The van der Waals surface area contributed by atoms with Crippen molar-refractivity contribution in [1.82, 2.24) is 5.32 Å². The summed E-state index contributed by atoms with van der Waals surface area (Å²) in [6.45, 7) is 9.15. The molecule has 0 heterocycles. The molecule has 1 aromatic carbocycles. The molecule has 1 rings (SSSR count). The van der Waals surface area contributed by atoms with Gasteiger partial charge < -0.3 is 5.32 Å². The summed E-state index contributed by atoms with van der Waals surface area (Å²) in [6, 6.07) is 8.30. The highest BCUT2D eigenvalue weighted by Crippen LogP contribution is 2.20. The Labute approximate surface area is 133 Å². The van der Waals surface area contributed by atoms with Gasteiger partial charge in [-0.3, -0.25) is 0 Å². The van der Waals surface area contributed by atoms with Gasteiger partial charge in [0.05, 0.1) is 5.75 Å². The normalized spacial score (nSPS) is 12.6. The van der Waals surface area contributed by atoms with Crippen LogP contribution in [0.25, 0.3) is 0 Å². The molecule has 0 atom stereocenters. The van der Waals surface area contributed by atoms with E-state index in [0.29, 0.717) is 17.9 Å². The van der Waals surface area contributed by atoms with Crippen molar-refractivity contribution in [3.05, 3.63) is 29.8 Å². The Kier molecular flexibility index (Phi) is 7.24. The first-order valence-corrected chi connectivity index (χ1v) is 10.2. The zero-order valence-electron chi connectivity index (χ0n) is 13.5. The highest BCUT2D eigenvalue weighted by Gasteiger charge is 2.10. The fraction of sp³-hybridized carbons (Fsp3) is 0.625. The van der Waals surface area contributed by atoms with E-state index in [0.717, 1.165) is 11.4 Å². The van der Waals surface area contributed by atoms with Crippen LogP contribution >= 0.6 is 11.8 Å². The minimum atomic E-state index is -2.87. The van der Waals surface area contributed by atoms with E-state index in [1.807, 2.05) is 19.1 Å². The van der Waals surface area contributed by atoms with E-state index < -0.39 is 9.84 Å². The fourth-order valence-corrected chi connectivity index (χ4v) is 4.63. The van der Waals surface area contributed by atoms with Crippen molar-refractivity contribution in [2.24, 2.45) is 0 Å². The standard InChI is InChI=1S/C16H27NO2S2/c1-5-10-21(18,19)11-9-20-15-8-6-7-14(12-15)13-17-16(2,3)4/h6-8,12,17H,5,9-11,13H2,1-4H3. The van der Waals surface area contributed by atoms with E-state index in [9.17, 15) is 8.42 Å². The van der Waals surface area contributed by atoms with Crippen molar-refractivity contribution in [1.29, 1.82) is 0 Å². The van der Waals surface area contributed by atoms with Crippen molar-refractivity contribution >= 4 is 21.6 Å². The van der Waals surface area contributed by atoms with Crippen LogP contribution in [0.4, 0.5) is 0 Å². The molecule has 0 unspecified atom stereocenters. The summed E-state index contributed by atoms with van der Waals surface area (Å²) in [6.07, 6.45) is 0.695. The molecule has 3 nitrogen and oxygen atoms in total. The van der Waals surface area contributed by atoms with Crippen LogP contribution in [-0.4, -0.2) is 31.2 Å². The molecule has 120 valence electrons. The van der Waals surface area contributed by atoms with Crippen LogP contribution in [0.15, 0.2) is 29.2 Å². The van der Waals surface area contributed by atoms with Crippen molar-refractivity contribution in [3.8, 4) is 0 Å². The lowest BCUT2D eigenvalue weighted by Gasteiger charge is -2.20. The maximum atomic E-state index is 11.7. The average molecular weight is 330 g/mol. The second-order valence-electron chi connectivity index (χ2n) is 6.25. The second kappa shape index (κ2) is 8.20. The van der Waals surface area contributed by atoms with Gasteiger partial charge >= 0.3 is 0 Å². The highest BCUT2D eigenvalue weighted by molar-refractivity contribution is 8.00. The molecule has 1 aromatic rings. The quantitative estimate of drug-likeness (QED) is 0.742. The molecule has 0 saturated heterocycles. The highest BCUT2D eigenvalue weighted by atomic mass is 32.2. The van der Waals surface area contributed by atoms with Crippen molar-refractivity contribution in [2.45, 2.75) is 51.1 Å². The van der Waals surface area contributed by atoms with Crippen LogP contribution in [0.3, 0.4) is 0 Å². The molecule has 0 radical (unpaired) electrons. The van der Waals surface area contributed by atoms with E-state index in [2.05, 4.69) is 38.2 Å². The minimum Gasteiger partial charge on any atom is -0.308 e. The molecule has 0 aliphatic rings. The second-order valence-corrected chi connectivity index (χ2v) is 9.72. The van der Waals surface area contributed by atoms with Crippen molar-refractivity contribution < 1.29 is 8.42 Å². The van der Waals surface area contributed by atoms with Gasteiger partial charge in [-0.15, -0.1) is 11.8 Å². The first-order chi connectivity index (χ1) is 9.72. The number of sulfone groups is 1. The number of thioether (sulfide) groups is 1. The van der Waals surface area contributed by atoms with Gasteiger partial charge in [-0.25, -0.2) is 8.42 Å². The molecule has 5 heteroatoms. The zero-order valence-corrected chi connectivity index (χ0v) is 15.1. The van der Waals surface area contributed by atoms with Crippen LogP contribution in [0.5, 0.6) is 0 Å². The third kappa shape index (κ3) is 8.49. The lowest BCUT2D eigenvalue weighted by atomic mass is 10.1. The molecule has 1 N–H and O–H groups in total. The summed E-state index contributed by atoms with van der Waals surface area (Å²) >= 11 is 1.61. The molecule has 0 bridgehead atoms. The fourth-order valence-electron chi connectivity index (χ4n) is 1.81. The van der Waals surface area contributed by atoms with Gasteiger partial charge in [0.2, 0.25) is 0 Å². The average Bonchev–Trinajstić information content (AvgIpc) is 2.36. The Morgan fingerprint density at radius 1 is 1.19 bits per heavy atom. The molecular formula is C16H27NO2S2. The number of hydrogen-bond donors (Lipinski definition) is 1. The maximum absolute atomic E-state index is 11.7. The zero-order chi connectivity index (χ0) is 15.9. The third-order valence-corrected chi connectivity index (χ3v) is 6.01. The monoisotopic (exact) mass is 329 g/mol. The number of hydrogen-bond acceptors (Lipinski definition) is 4. The van der Waals surface area contributed by atoms with Crippen LogP contribution < -0.4 is 5.32 Å². The molecule has 21 heavy (non-hydrogen) atoms. The van der Waals surface area contributed by atoms with Crippen LogP contribution in [0.2, 0.25) is 0 Å². The predicted octanol–water partition coefficient (Wildman–Crippen LogP) is 3.49. The maximum Gasteiger partial charge on any atom is 0.151 e. The van der Waals surface area contributed by atoms with Gasteiger partial charge in [0.25, 0.3) is 0 Å². The minimum absolute atomic E-state index is 0.0946. The van der Waals surface area contributed by atoms with Gasteiger partial charge in [0.1, 0.15) is 0 Å². The Morgan fingerprint density at radius 3 is 2.52 bits per heavy atom. The summed E-state index contributed by atoms with van der Waals surface area (Å²) < 4.78 is 23.4. The molecule has 0 amide bonds. The van der Waals surface area contributed by atoms with Gasteiger partial charge in [-0.05, 0) is 44.9 Å². The number of benzene rings is 1. The van der Waals surface area contributed by atoms with Crippen LogP contribution in [0, 0.1) is 0 Å². The summed E-state index contributed by atoms with van der Waals surface area (Å²) in [7, 11) is -2.87. The van der Waals surface area contributed by atoms with E-state index in [1.54, 1.807) is 11.8 Å². The van der Waals surface area contributed by atoms with E-state index in [1.165, 1.54) is 5.56 Å². The Morgan fingerprint density at radius 2 is 1.90 bits per heavy atom. The first kappa shape index (κ1) is 18.5. The largest absolute Gasteiger partial charge is 0.308 e. The Balaban J connectivity index is 2.50. The van der Waals surface area contributed by atoms with E-state index >= 15 is 0 Å². The van der Waals surface area contributed by atoms with Gasteiger partial charge in [0, 0.05) is 28.5 Å². The molecule has 0 aromatic heterocycles. The van der Waals surface area contributed by atoms with Gasteiger partial charge in [-0.1, -0.05) is 19.1 Å². The van der Waals surface area contributed by atoms with E-state index in [-0.39, 0.29) is 11.3 Å². The summed E-state index contributed by atoms with van der Waals surface area (Å²) in [5.41, 5.74) is 1.32. The van der Waals surface area contributed by atoms with Crippen LogP contribution in [-0.2, 0) is 16.4 Å². The lowest BCUT2D eigenvalue weighted by molar-refractivity contribution is 0.424. The van der Waals surface area contributed by atoms with Crippen molar-refractivity contribution in [3.63, 3.8) is 0 Å². The first-order valence-electron chi connectivity index (χ1n) is 7.39. The number of nitrogens with one attached hydrogen (secondary N) is 1. The lowest BCUT2D eigenvalue weighted by Crippen LogP contribution is -2.35. The smallest absolute Gasteiger partial charge is 0.151 e. The number of rotatable bonds is 8. The van der Waals surface area contributed by atoms with Gasteiger partial charge in [0.15, 0.2) is 9.84 Å². The molecular weight excluding hydrogens is 302 g/mol. The molecule has 0 aliphatic carbocycles. The topological polar surface area (TPSA) is 46.2 Å². The van der Waals surface area contributed by atoms with Crippen LogP contribution in [0.1, 0.15) is 39.7 Å². The molecule has 0 fully saturated rings. The molecule has 0 saturated carbocycles. The van der Waals surface area contributed by atoms with Gasteiger partial charge in [-0.2, -0.15) is 0 Å². The SMILES string of the molecule is CCCS(=O)(=O)CCSc1cccc(CNC(C)(C)C)c1.